The first-order chi connectivity index (χ1) is 5.33. The molecule has 0 spiro atoms. The van der Waals surface area contributed by atoms with Gasteiger partial charge in [0.1, 0.15) is 0 Å². The Hall–Kier alpha value is 0.270. The fourth-order valence-corrected chi connectivity index (χ4v) is 0.854. The van der Waals surface area contributed by atoms with Gasteiger partial charge in [0, 0.05) is 0 Å². The van der Waals surface area contributed by atoms with E-state index in [1.165, 1.54) is 38.5 Å². The summed E-state index contributed by atoms with van der Waals surface area (Å²) in [6.45, 7) is 4.51. The summed E-state index contributed by atoms with van der Waals surface area (Å²) in [5.41, 5.74) is 0. The van der Waals surface area contributed by atoms with Crippen molar-refractivity contribution in [1.82, 2.24) is 0 Å². The van der Waals surface area contributed by atoms with Crippen LogP contribution < -0.4 is 0 Å². The first kappa shape index (κ1) is 13.8. The van der Waals surface area contributed by atoms with Crippen LogP contribution in [-0.2, 0) is 0 Å². The lowest BCUT2D eigenvalue weighted by Crippen LogP contribution is -1.73. The molecule has 0 fully saturated rings. The number of hydrogen-bond donors (Lipinski definition) is 2. The summed E-state index contributed by atoms with van der Waals surface area (Å²) < 4.78 is 14.1. The van der Waals surface area contributed by atoms with Gasteiger partial charge in [-0.05, 0) is 0 Å². The van der Waals surface area contributed by atoms with E-state index >= 15 is 0 Å². The van der Waals surface area contributed by atoms with Crippen LogP contribution in [0.25, 0.3) is 0 Å². The highest BCUT2D eigenvalue weighted by atomic mass is 32.2. The molecule has 0 saturated heterocycles. The molecule has 0 aliphatic carbocycles. The third kappa shape index (κ3) is 25.3. The van der Waals surface area contributed by atoms with Crippen LogP contribution in [0.15, 0.2) is 0 Å². The van der Waals surface area contributed by atoms with Crippen LogP contribution in [0.3, 0.4) is 0 Å². The van der Waals surface area contributed by atoms with Crippen LogP contribution in [0.2, 0.25) is 0 Å². The molecule has 0 aromatic rings. The van der Waals surface area contributed by atoms with Gasteiger partial charge in [-0.2, -0.15) is 0 Å². The zero-order valence-corrected chi connectivity index (χ0v) is 8.36. The molecular weight excluding hydrogens is 160 g/mol. The second-order valence-corrected chi connectivity index (χ2v) is 2.66. The molecule has 70 valence electrons. The summed E-state index contributed by atoms with van der Waals surface area (Å²) in [4.78, 5) is 0. The Bertz CT molecular complexity index is 45.4. The zero-order valence-electron chi connectivity index (χ0n) is 7.55. The number of rotatable bonds is 5. The molecule has 0 heterocycles. The minimum absolute atomic E-state index is 0.250. The number of unbranched alkanes of at least 4 members (excludes halogenated alkanes) is 5. The Labute approximate surface area is 74.4 Å². The third-order valence-corrected chi connectivity index (χ3v) is 1.46. The molecule has 2 N–H and O–H groups in total. The van der Waals surface area contributed by atoms with E-state index in [0.29, 0.717) is 0 Å². The van der Waals surface area contributed by atoms with E-state index in [1.54, 1.807) is 0 Å². The fourth-order valence-electron chi connectivity index (χ4n) is 0.854. The van der Waals surface area contributed by atoms with Crippen molar-refractivity contribution in [3.05, 3.63) is 0 Å². The van der Waals surface area contributed by atoms with E-state index in [1.807, 2.05) is 0 Å². The van der Waals surface area contributed by atoms with Gasteiger partial charge in [0.05, 0.1) is 0 Å². The fraction of sp³-hybridized carbons (Fsp3) is 1.00. The maximum atomic E-state index is 7.04. The first-order valence-electron chi connectivity index (χ1n) is 4.28. The van der Waals surface area contributed by atoms with Crippen LogP contribution in [0.1, 0.15) is 52.4 Å². The molecule has 0 amide bonds. The molecule has 0 radical (unpaired) electrons. The summed E-state index contributed by atoms with van der Waals surface area (Å²) in [5, 5.41) is 0. The van der Waals surface area contributed by atoms with Gasteiger partial charge in [0.2, 0.25) is 0 Å². The van der Waals surface area contributed by atoms with Gasteiger partial charge in [-0.25, -0.2) is 0 Å². The Morgan fingerprint density at radius 3 is 1.27 bits per heavy atom. The maximum Gasteiger partial charge on any atom is 0.152 e. The molecule has 0 bridgehead atoms. The normalized spacial score (nSPS) is 8.73. The number of hydrogen-bond acceptors (Lipinski definition) is 3. The topological polar surface area (TPSA) is 40.5 Å². The molecule has 11 heavy (non-hydrogen) atoms. The smallest absolute Gasteiger partial charge is 0.152 e. The van der Waals surface area contributed by atoms with Crippen molar-refractivity contribution in [2.24, 2.45) is 0 Å². The van der Waals surface area contributed by atoms with E-state index in [2.05, 4.69) is 13.8 Å². The minimum Gasteiger partial charge on any atom is -0.307 e. The highest BCUT2D eigenvalue weighted by Gasteiger charge is 1.83. The van der Waals surface area contributed by atoms with E-state index in [0.717, 1.165) is 0 Å². The van der Waals surface area contributed by atoms with Crippen molar-refractivity contribution in [1.29, 1.82) is 0 Å². The quantitative estimate of drug-likeness (QED) is 0.495. The molecule has 3 heteroatoms. The van der Waals surface area contributed by atoms with Crippen molar-refractivity contribution < 1.29 is 9.11 Å². The highest BCUT2D eigenvalue weighted by Crippen LogP contribution is 2.03. The van der Waals surface area contributed by atoms with Crippen molar-refractivity contribution >= 4 is 12.3 Å². The Morgan fingerprint density at radius 1 is 0.818 bits per heavy atom. The standard InChI is InChI=1S/C8H18.H2O2S/c1-3-5-7-8-6-4-2;1-3-2/h3-8H2,1-2H3;1-2H. The van der Waals surface area contributed by atoms with Crippen LogP contribution in [0.4, 0.5) is 0 Å². The highest BCUT2D eigenvalue weighted by molar-refractivity contribution is 7.87. The second kappa shape index (κ2) is 16.7. The lowest BCUT2D eigenvalue weighted by molar-refractivity contribution is 0.541. The van der Waals surface area contributed by atoms with Crippen LogP contribution >= 0.6 is 12.3 Å². The third-order valence-electron chi connectivity index (χ3n) is 1.46. The zero-order chi connectivity index (χ0) is 8.95. The van der Waals surface area contributed by atoms with Crippen LogP contribution in [0, 0.1) is 0 Å². The molecule has 0 saturated carbocycles. The van der Waals surface area contributed by atoms with Crippen LogP contribution in [0.5, 0.6) is 0 Å². The minimum atomic E-state index is -0.250. The molecule has 0 aromatic heterocycles. The van der Waals surface area contributed by atoms with Gasteiger partial charge in [-0.3, -0.25) is 0 Å². The average molecular weight is 180 g/mol. The van der Waals surface area contributed by atoms with Crippen molar-refractivity contribution in [3.63, 3.8) is 0 Å². The molecule has 0 aliphatic rings. The van der Waals surface area contributed by atoms with E-state index in [9.17, 15) is 0 Å². The lowest BCUT2D eigenvalue weighted by atomic mass is 10.1. The summed E-state index contributed by atoms with van der Waals surface area (Å²) >= 11 is -0.250. The monoisotopic (exact) mass is 180 g/mol. The largest absolute Gasteiger partial charge is 0.307 e. The van der Waals surface area contributed by atoms with Crippen molar-refractivity contribution in [3.8, 4) is 0 Å². The molecular formula is C8H20O2S. The van der Waals surface area contributed by atoms with Crippen LogP contribution in [-0.4, -0.2) is 9.11 Å². The Morgan fingerprint density at radius 2 is 1.09 bits per heavy atom. The molecule has 0 atom stereocenters. The van der Waals surface area contributed by atoms with Gasteiger partial charge in [0.15, 0.2) is 12.3 Å². The summed E-state index contributed by atoms with van der Waals surface area (Å²) in [6.07, 6.45) is 8.49. The predicted molar refractivity (Wildman–Crippen MR) is 51.9 cm³/mol. The average Bonchev–Trinajstić information content (AvgIpc) is 2.00. The van der Waals surface area contributed by atoms with E-state index < -0.39 is 0 Å². The molecule has 2 nitrogen and oxygen atoms in total. The summed E-state index contributed by atoms with van der Waals surface area (Å²) in [5.74, 6) is 0. The SMILES string of the molecule is CCCCCCCC.OSO. The van der Waals surface area contributed by atoms with Crippen molar-refractivity contribution in [2.45, 2.75) is 52.4 Å². The maximum absolute atomic E-state index is 7.04. The van der Waals surface area contributed by atoms with Gasteiger partial charge < -0.3 is 9.11 Å². The van der Waals surface area contributed by atoms with E-state index in [4.69, 9.17) is 9.11 Å². The Kier molecular flexibility index (Phi) is 21.0. The molecule has 0 aliphatic heterocycles. The summed E-state index contributed by atoms with van der Waals surface area (Å²) in [6, 6.07) is 0. The van der Waals surface area contributed by atoms with Gasteiger partial charge in [-0.15, -0.1) is 0 Å². The molecule has 0 rings (SSSR count). The predicted octanol–water partition coefficient (Wildman–Crippen LogP) is 4.03. The van der Waals surface area contributed by atoms with Gasteiger partial charge in [0.25, 0.3) is 0 Å². The molecule has 0 unspecified atom stereocenters. The Balaban J connectivity index is 0. The van der Waals surface area contributed by atoms with Crippen molar-refractivity contribution in [2.75, 3.05) is 0 Å². The molecule has 0 aromatic carbocycles. The first-order valence-corrected chi connectivity index (χ1v) is 5.01. The second-order valence-electron chi connectivity index (χ2n) is 2.50. The summed E-state index contributed by atoms with van der Waals surface area (Å²) in [7, 11) is 0. The van der Waals surface area contributed by atoms with E-state index in [-0.39, 0.29) is 12.3 Å². The van der Waals surface area contributed by atoms with Gasteiger partial charge in [-0.1, -0.05) is 52.4 Å². The lowest BCUT2D eigenvalue weighted by Gasteiger charge is -1.93. The van der Waals surface area contributed by atoms with Gasteiger partial charge >= 0.3 is 0 Å².